The monoisotopic (exact) mass is 200 g/mol. The highest BCUT2D eigenvalue weighted by molar-refractivity contribution is 5.16. The molecule has 2 rings (SSSR count). The number of likely N-dealkylation sites (tertiary alicyclic amines) is 1. The molecule has 0 spiro atoms. The van der Waals surface area contributed by atoms with Crippen LogP contribution in [-0.2, 0) is 0 Å². The zero-order valence-corrected chi connectivity index (χ0v) is 8.89. The molecule has 0 radical (unpaired) electrons. The molecule has 2 heterocycles. The van der Waals surface area contributed by atoms with Crippen LogP contribution in [0.3, 0.4) is 0 Å². The minimum Gasteiger partial charge on any atom is -0.292 e. The molecule has 0 atom stereocenters. The molecule has 0 saturated carbocycles. The molecule has 0 unspecified atom stereocenters. The van der Waals surface area contributed by atoms with E-state index in [1.807, 2.05) is 12.4 Å². The Bertz CT molecular complexity index is 331. The Morgan fingerprint density at radius 2 is 2.00 bits per heavy atom. The second-order valence-corrected chi connectivity index (χ2v) is 4.04. The Balaban J connectivity index is 1.92. The number of pyridine rings is 1. The number of terminal acetylenes is 1. The number of piperidine rings is 1. The van der Waals surface area contributed by atoms with Crippen molar-refractivity contribution < 1.29 is 0 Å². The molecule has 0 aliphatic carbocycles. The Morgan fingerprint density at radius 1 is 1.33 bits per heavy atom. The molecular weight excluding hydrogens is 184 g/mol. The molecule has 1 fully saturated rings. The first-order valence-electron chi connectivity index (χ1n) is 5.46. The molecular formula is C13H16N2. The minimum atomic E-state index is 0.696. The summed E-state index contributed by atoms with van der Waals surface area (Å²) in [6, 6.07) is 4.25. The van der Waals surface area contributed by atoms with Crippen molar-refractivity contribution in [1.82, 2.24) is 9.88 Å². The van der Waals surface area contributed by atoms with Crippen molar-refractivity contribution in [3.05, 3.63) is 30.1 Å². The summed E-state index contributed by atoms with van der Waals surface area (Å²) in [4.78, 5) is 6.39. The summed E-state index contributed by atoms with van der Waals surface area (Å²) in [6.07, 6.45) is 11.5. The summed E-state index contributed by atoms with van der Waals surface area (Å²) in [6.45, 7) is 3.04. The standard InChI is InChI=1S/C13H16N2/c1-2-9-15-10-5-13(6-11-15)12-3-7-14-8-4-12/h1,3-4,7-8,13H,5-6,9-11H2. The predicted molar refractivity (Wildman–Crippen MR) is 61.5 cm³/mol. The summed E-state index contributed by atoms with van der Waals surface area (Å²) >= 11 is 0. The Hall–Kier alpha value is -1.33. The zero-order valence-electron chi connectivity index (χ0n) is 8.89. The lowest BCUT2D eigenvalue weighted by atomic mass is 9.90. The van der Waals surface area contributed by atoms with Gasteiger partial charge in [0.2, 0.25) is 0 Å². The minimum absolute atomic E-state index is 0.696. The smallest absolute Gasteiger partial charge is 0.0598 e. The van der Waals surface area contributed by atoms with Crippen molar-refractivity contribution in [1.29, 1.82) is 0 Å². The van der Waals surface area contributed by atoms with E-state index in [1.54, 1.807) is 0 Å². The topological polar surface area (TPSA) is 16.1 Å². The van der Waals surface area contributed by atoms with Gasteiger partial charge in [0.15, 0.2) is 0 Å². The molecule has 1 aromatic heterocycles. The summed E-state index contributed by atoms with van der Waals surface area (Å²) in [5, 5.41) is 0. The van der Waals surface area contributed by atoms with Crippen molar-refractivity contribution in [2.24, 2.45) is 0 Å². The van der Waals surface area contributed by atoms with Crippen molar-refractivity contribution in [3.8, 4) is 12.3 Å². The third-order valence-electron chi connectivity index (χ3n) is 3.08. The highest BCUT2D eigenvalue weighted by Gasteiger charge is 2.19. The molecule has 0 bridgehead atoms. The van der Waals surface area contributed by atoms with E-state index < -0.39 is 0 Å². The van der Waals surface area contributed by atoms with Crippen molar-refractivity contribution in [2.75, 3.05) is 19.6 Å². The van der Waals surface area contributed by atoms with E-state index in [-0.39, 0.29) is 0 Å². The van der Waals surface area contributed by atoms with Crippen LogP contribution >= 0.6 is 0 Å². The van der Waals surface area contributed by atoms with Crippen LogP contribution < -0.4 is 0 Å². The fourth-order valence-corrected chi connectivity index (χ4v) is 2.19. The summed E-state index contributed by atoms with van der Waals surface area (Å²) in [5.74, 6) is 3.40. The second-order valence-electron chi connectivity index (χ2n) is 4.04. The lowest BCUT2D eigenvalue weighted by Gasteiger charge is -2.30. The van der Waals surface area contributed by atoms with Crippen LogP contribution in [0.5, 0.6) is 0 Å². The van der Waals surface area contributed by atoms with E-state index in [0.29, 0.717) is 5.92 Å². The number of hydrogen-bond donors (Lipinski definition) is 0. The summed E-state index contributed by atoms with van der Waals surface area (Å²) < 4.78 is 0. The summed E-state index contributed by atoms with van der Waals surface area (Å²) in [7, 11) is 0. The van der Waals surface area contributed by atoms with E-state index in [1.165, 1.54) is 18.4 Å². The lowest BCUT2D eigenvalue weighted by molar-refractivity contribution is 0.236. The average molecular weight is 200 g/mol. The van der Waals surface area contributed by atoms with Gasteiger partial charge in [-0.2, -0.15) is 0 Å². The molecule has 1 saturated heterocycles. The van der Waals surface area contributed by atoms with E-state index in [0.717, 1.165) is 19.6 Å². The number of rotatable bonds is 2. The van der Waals surface area contributed by atoms with Gasteiger partial charge in [-0.05, 0) is 49.5 Å². The molecule has 15 heavy (non-hydrogen) atoms. The molecule has 0 N–H and O–H groups in total. The fraction of sp³-hybridized carbons (Fsp3) is 0.462. The van der Waals surface area contributed by atoms with Gasteiger partial charge >= 0.3 is 0 Å². The van der Waals surface area contributed by atoms with Crippen LogP contribution in [0.15, 0.2) is 24.5 Å². The third kappa shape index (κ3) is 2.57. The molecule has 2 nitrogen and oxygen atoms in total. The van der Waals surface area contributed by atoms with Gasteiger partial charge in [0.05, 0.1) is 6.54 Å². The number of hydrogen-bond acceptors (Lipinski definition) is 2. The summed E-state index contributed by atoms with van der Waals surface area (Å²) in [5.41, 5.74) is 1.42. The highest BCUT2D eigenvalue weighted by atomic mass is 15.1. The molecule has 2 heteroatoms. The van der Waals surface area contributed by atoms with Gasteiger partial charge in [0, 0.05) is 12.4 Å². The first kappa shape index (κ1) is 10.2. The third-order valence-corrected chi connectivity index (χ3v) is 3.08. The van der Waals surface area contributed by atoms with Gasteiger partial charge in [-0.3, -0.25) is 9.88 Å². The van der Waals surface area contributed by atoms with E-state index in [9.17, 15) is 0 Å². The van der Waals surface area contributed by atoms with Crippen LogP contribution in [0.2, 0.25) is 0 Å². The Labute approximate surface area is 91.3 Å². The van der Waals surface area contributed by atoms with Crippen LogP contribution in [0, 0.1) is 12.3 Å². The van der Waals surface area contributed by atoms with Crippen LogP contribution in [0.1, 0.15) is 24.3 Å². The van der Waals surface area contributed by atoms with Gasteiger partial charge in [0.25, 0.3) is 0 Å². The molecule has 1 aromatic rings. The van der Waals surface area contributed by atoms with Gasteiger partial charge in [-0.25, -0.2) is 0 Å². The van der Waals surface area contributed by atoms with Crippen molar-refractivity contribution >= 4 is 0 Å². The highest BCUT2D eigenvalue weighted by Crippen LogP contribution is 2.26. The maximum absolute atomic E-state index is 5.31. The second kappa shape index (κ2) is 4.95. The maximum atomic E-state index is 5.31. The van der Waals surface area contributed by atoms with E-state index >= 15 is 0 Å². The maximum Gasteiger partial charge on any atom is 0.0598 e. The van der Waals surface area contributed by atoms with E-state index in [2.05, 4.69) is 27.9 Å². The largest absolute Gasteiger partial charge is 0.292 e. The van der Waals surface area contributed by atoms with Crippen molar-refractivity contribution in [3.63, 3.8) is 0 Å². The normalized spacial score (nSPS) is 18.6. The molecule has 1 aliphatic heterocycles. The van der Waals surface area contributed by atoms with E-state index in [4.69, 9.17) is 6.42 Å². The number of aromatic nitrogens is 1. The van der Waals surface area contributed by atoms with Gasteiger partial charge in [-0.1, -0.05) is 5.92 Å². The molecule has 0 aromatic carbocycles. The first-order chi connectivity index (χ1) is 7.40. The quantitative estimate of drug-likeness (QED) is 0.678. The first-order valence-corrected chi connectivity index (χ1v) is 5.46. The SMILES string of the molecule is C#CCN1CCC(c2ccncc2)CC1. The van der Waals surface area contributed by atoms with Crippen LogP contribution in [0.25, 0.3) is 0 Å². The average Bonchev–Trinajstić information content (AvgIpc) is 2.32. The molecule has 0 amide bonds. The fourth-order valence-electron chi connectivity index (χ4n) is 2.19. The van der Waals surface area contributed by atoms with Crippen molar-refractivity contribution in [2.45, 2.75) is 18.8 Å². The van der Waals surface area contributed by atoms with Gasteiger partial charge in [0.1, 0.15) is 0 Å². The van der Waals surface area contributed by atoms with Gasteiger partial charge < -0.3 is 0 Å². The van der Waals surface area contributed by atoms with Gasteiger partial charge in [-0.15, -0.1) is 6.42 Å². The lowest BCUT2D eigenvalue weighted by Crippen LogP contribution is -2.33. The predicted octanol–water partition coefficient (Wildman–Crippen LogP) is 1.89. The van der Waals surface area contributed by atoms with Crippen LogP contribution in [0.4, 0.5) is 0 Å². The Kier molecular flexibility index (Phi) is 3.37. The van der Waals surface area contributed by atoms with Crippen LogP contribution in [-0.4, -0.2) is 29.5 Å². The Morgan fingerprint density at radius 3 is 2.60 bits per heavy atom. The molecule has 1 aliphatic rings. The zero-order chi connectivity index (χ0) is 10.5. The number of nitrogens with zero attached hydrogens (tertiary/aromatic N) is 2. The molecule has 78 valence electrons.